The molecule has 0 saturated heterocycles. The van der Waals surface area contributed by atoms with Crippen LogP contribution in [0.5, 0.6) is 5.88 Å². The number of thiazole rings is 1. The van der Waals surface area contributed by atoms with Crippen molar-refractivity contribution in [1.29, 1.82) is 0 Å². The summed E-state index contributed by atoms with van der Waals surface area (Å²) in [5.41, 5.74) is 2.36. The van der Waals surface area contributed by atoms with Gasteiger partial charge in [-0.25, -0.2) is 9.97 Å². The van der Waals surface area contributed by atoms with Crippen molar-refractivity contribution in [3.05, 3.63) is 28.9 Å². The number of carboxylic acid groups (broad SMARTS) is 1. The zero-order valence-corrected chi connectivity index (χ0v) is 10.8. The number of hydrogen-bond donors (Lipinski definition) is 1. The van der Waals surface area contributed by atoms with E-state index in [1.54, 1.807) is 18.7 Å². The molecule has 0 aliphatic heterocycles. The molecule has 2 aromatic heterocycles. The molecule has 94 valence electrons. The highest BCUT2D eigenvalue weighted by Gasteiger charge is 2.09. The van der Waals surface area contributed by atoms with Crippen molar-refractivity contribution in [3.8, 4) is 16.5 Å². The number of methoxy groups -OCH3 is 1. The van der Waals surface area contributed by atoms with Gasteiger partial charge in [0, 0.05) is 22.7 Å². The van der Waals surface area contributed by atoms with E-state index in [9.17, 15) is 4.79 Å². The number of aromatic nitrogens is 2. The lowest BCUT2D eigenvalue weighted by atomic mass is 10.2. The smallest absolute Gasteiger partial charge is 0.309 e. The molecule has 2 heterocycles. The molecule has 0 aliphatic carbocycles. The van der Waals surface area contributed by atoms with Gasteiger partial charge >= 0.3 is 5.97 Å². The number of nitrogens with zero attached hydrogens (tertiary/aromatic N) is 2. The van der Waals surface area contributed by atoms with Gasteiger partial charge < -0.3 is 9.84 Å². The molecule has 0 aromatic carbocycles. The number of ether oxygens (including phenoxy) is 1. The largest absolute Gasteiger partial charge is 0.481 e. The molecule has 0 amide bonds. The summed E-state index contributed by atoms with van der Waals surface area (Å²) in [5.74, 6) is -0.294. The van der Waals surface area contributed by atoms with Gasteiger partial charge in [0.25, 0.3) is 0 Å². The standard InChI is InChI=1S/C12H12N2O3S/c1-7-3-8(5-13-11(7)17-2)12-14-9(6-18-12)4-10(15)16/h3,5-6H,4H2,1-2H3,(H,15,16). The van der Waals surface area contributed by atoms with Crippen LogP contribution >= 0.6 is 11.3 Å². The van der Waals surface area contributed by atoms with Crippen LogP contribution in [-0.2, 0) is 11.2 Å². The van der Waals surface area contributed by atoms with E-state index in [0.717, 1.165) is 16.1 Å². The third kappa shape index (κ3) is 2.65. The highest BCUT2D eigenvalue weighted by molar-refractivity contribution is 7.13. The Hall–Kier alpha value is -1.95. The minimum Gasteiger partial charge on any atom is -0.481 e. The maximum atomic E-state index is 10.6. The van der Waals surface area contributed by atoms with Gasteiger partial charge in [0.05, 0.1) is 19.2 Å². The second-order valence-electron chi connectivity index (χ2n) is 3.76. The second kappa shape index (κ2) is 5.14. The Balaban J connectivity index is 2.28. The molecule has 6 heteroatoms. The van der Waals surface area contributed by atoms with Crippen LogP contribution in [0, 0.1) is 6.92 Å². The van der Waals surface area contributed by atoms with Crippen molar-refractivity contribution >= 4 is 17.3 Å². The zero-order valence-electron chi connectivity index (χ0n) is 10.0. The number of carboxylic acids is 1. The average molecular weight is 264 g/mol. The Morgan fingerprint density at radius 2 is 2.33 bits per heavy atom. The number of pyridine rings is 1. The molecular weight excluding hydrogens is 252 g/mol. The van der Waals surface area contributed by atoms with Crippen LogP contribution in [0.3, 0.4) is 0 Å². The van der Waals surface area contributed by atoms with Crippen molar-refractivity contribution in [1.82, 2.24) is 9.97 Å². The lowest BCUT2D eigenvalue weighted by molar-refractivity contribution is -0.136. The van der Waals surface area contributed by atoms with Gasteiger partial charge in [0.15, 0.2) is 0 Å². The van der Waals surface area contributed by atoms with Crippen LogP contribution in [0.1, 0.15) is 11.3 Å². The molecule has 2 aromatic rings. The van der Waals surface area contributed by atoms with Crippen LogP contribution in [0.2, 0.25) is 0 Å². The van der Waals surface area contributed by atoms with Gasteiger partial charge in [-0.2, -0.15) is 0 Å². The van der Waals surface area contributed by atoms with Gasteiger partial charge in [0.2, 0.25) is 5.88 Å². The molecule has 0 radical (unpaired) electrons. The summed E-state index contributed by atoms with van der Waals surface area (Å²) in [6.45, 7) is 1.90. The summed E-state index contributed by atoms with van der Waals surface area (Å²) >= 11 is 1.41. The van der Waals surface area contributed by atoms with E-state index in [1.807, 2.05) is 13.0 Å². The lowest BCUT2D eigenvalue weighted by Crippen LogP contribution is -2.00. The fourth-order valence-electron chi connectivity index (χ4n) is 1.57. The Bertz CT molecular complexity index is 580. The fourth-order valence-corrected chi connectivity index (χ4v) is 2.37. The molecule has 18 heavy (non-hydrogen) atoms. The van der Waals surface area contributed by atoms with Crippen molar-refractivity contribution in [2.75, 3.05) is 7.11 Å². The summed E-state index contributed by atoms with van der Waals surface area (Å²) < 4.78 is 5.09. The van der Waals surface area contributed by atoms with Crippen LogP contribution < -0.4 is 4.74 Å². The van der Waals surface area contributed by atoms with E-state index < -0.39 is 5.97 Å². The highest BCUT2D eigenvalue weighted by Crippen LogP contribution is 2.26. The Morgan fingerprint density at radius 3 is 2.94 bits per heavy atom. The molecule has 0 saturated carbocycles. The molecular formula is C12H12N2O3S. The number of aryl methyl sites for hydroxylation is 1. The maximum Gasteiger partial charge on any atom is 0.309 e. The minimum atomic E-state index is -0.879. The Morgan fingerprint density at radius 1 is 1.56 bits per heavy atom. The topological polar surface area (TPSA) is 72.3 Å². The Labute approximate surface area is 108 Å². The summed E-state index contributed by atoms with van der Waals surface area (Å²) in [6, 6.07) is 1.93. The number of hydrogen-bond acceptors (Lipinski definition) is 5. The average Bonchev–Trinajstić information content (AvgIpc) is 2.76. The summed E-state index contributed by atoms with van der Waals surface area (Å²) in [6.07, 6.45) is 1.62. The minimum absolute atomic E-state index is 0.0565. The van der Waals surface area contributed by atoms with Gasteiger partial charge in [-0.05, 0) is 13.0 Å². The van der Waals surface area contributed by atoms with E-state index in [-0.39, 0.29) is 6.42 Å². The van der Waals surface area contributed by atoms with E-state index >= 15 is 0 Å². The first-order valence-electron chi connectivity index (χ1n) is 5.27. The number of carbonyl (C=O) groups is 1. The first kappa shape index (κ1) is 12.5. The second-order valence-corrected chi connectivity index (χ2v) is 4.62. The first-order valence-corrected chi connectivity index (χ1v) is 6.15. The molecule has 0 spiro atoms. The quantitative estimate of drug-likeness (QED) is 0.916. The van der Waals surface area contributed by atoms with E-state index in [2.05, 4.69) is 9.97 Å². The summed E-state index contributed by atoms with van der Waals surface area (Å²) in [4.78, 5) is 19.0. The van der Waals surface area contributed by atoms with Crippen molar-refractivity contribution in [2.45, 2.75) is 13.3 Å². The van der Waals surface area contributed by atoms with E-state index in [0.29, 0.717) is 11.6 Å². The van der Waals surface area contributed by atoms with Crippen molar-refractivity contribution < 1.29 is 14.6 Å². The number of aliphatic carboxylic acids is 1. The predicted octanol–water partition coefficient (Wildman–Crippen LogP) is 2.15. The molecule has 5 nitrogen and oxygen atoms in total. The van der Waals surface area contributed by atoms with E-state index in [4.69, 9.17) is 9.84 Å². The Kier molecular flexibility index (Phi) is 3.57. The normalized spacial score (nSPS) is 10.3. The van der Waals surface area contributed by atoms with Gasteiger partial charge in [-0.3, -0.25) is 4.79 Å². The van der Waals surface area contributed by atoms with Crippen LogP contribution in [0.4, 0.5) is 0 Å². The molecule has 0 atom stereocenters. The SMILES string of the molecule is COc1ncc(-c2nc(CC(=O)O)cs2)cc1C. The predicted molar refractivity (Wildman–Crippen MR) is 68.0 cm³/mol. The van der Waals surface area contributed by atoms with Crippen LogP contribution in [0.25, 0.3) is 10.6 Å². The van der Waals surface area contributed by atoms with Crippen molar-refractivity contribution in [3.63, 3.8) is 0 Å². The molecule has 0 aliphatic rings. The molecule has 0 unspecified atom stereocenters. The molecule has 2 rings (SSSR count). The summed E-state index contributed by atoms with van der Waals surface area (Å²) in [7, 11) is 1.57. The summed E-state index contributed by atoms with van der Waals surface area (Å²) in [5, 5.41) is 11.2. The molecule has 1 N–H and O–H groups in total. The van der Waals surface area contributed by atoms with Gasteiger partial charge in [-0.1, -0.05) is 0 Å². The number of rotatable bonds is 4. The molecule has 0 bridgehead atoms. The third-order valence-electron chi connectivity index (χ3n) is 2.35. The van der Waals surface area contributed by atoms with Crippen molar-refractivity contribution in [2.24, 2.45) is 0 Å². The zero-order chi connectivity index (χ0) is 13.1. The maximum absolute atomic E-state index is 10.6. The monoisotopic (exact) mass is 264 g/mol. The van der Waals surface area contributed by atoms with Crippen LogP contribution in [0.15, 0.2) is 17.6 Å². The lowest BCUT2D eigenvalue weighted by Gasteiger charge is -2.03. The fraction of sp³-hybridized carbons (Fsp3) is 0.250. The van der Waals surface area contributed by atoms with Gasteiger partial charge in [0.1, 0.15) is 5.01 Å². The first-order chi connectivity index (χ1) is 8.60. The highest BCUT2D eigenvalue weighted by atomic mass is 32.1. The van der Waals surface area contributed by atoms with Crippen LogP contribution in [-0.4, -0.2) is 28.2 Å². The van der Waals surface area contributed by atoms with E-state index in [1.165, 1.54) is 11.3 Å². The molecule has 0 fully saturated rings. The third-order valence-corrected chi connectivity index (χ3v) is 3.29. The van der Waals surface area contributed by atoms with Gasteiger partial charge in [-0.15, -0.1) is 11.3 Å².